The Kier molecular flexibility index (Phi) is 5.06. The SMILES string of the molecule is Cc1noc(C)c1COc1cccc(C(=O)N2CCc3[nH]c4c(Br)cccc4c3C2)c1. The predicted octanol–water partition coefficient (Wildman–Crippen LogP) is 5.31. The fourth-order valence-electron chi connectivity index (χ4n) is 4.14. The fourth-order valence-corrected chi connectivity index (χ4v) is 4.61. The van der Waals surface area contributed by atoms with Crippen LogP contribution >= 0.6 is 15.9 Å². The van der Waals surface area contributed by atoms with Gasteiger partial charge in [-0.2, -0.15) is 0 Å². The molecule has 1 amide bonds. The summed E-state index contributed by atoms with van der Waals surface area (Å²) in [7, 11) is 0. The molecule has 7 heteroatoms. The summed E-state index contributed by atoms with van der Waals surface area (Å²) in [6, 6.07) is 13.5. The first kappa shape index (κ1) is 19.9. The van der Waals surface area contributed by atoms with Crippen molar-refractivity contribution in [2.24, 2.45) is 0 Å². The van der Waals surface area contributed by atoms with Gasteiger partial charge in [-0.15, -0.1) is 0 Å². The van der Waals surface area contributed by atoms with Crippen molar-refractivity contribution in [1.29, 1.82) is 0 Å². The number of nitrogens with zero attached hydrogens (tertiary/aromatic N) is 2. The van der Waals surface area contributed by atoms with Crippen molar-refractivity contribution in [2.75, 3.05) is 6.54 Å². The smallest absolute Gasteiger partial charge is 0.254 e. The first-order valence-electron chi connectivity index (χ1n) is 10.2. The molecule has 0 bridgehead atoms. The summed E-state index contributed by atoms with van der Waals surface area (Å²) in [6.07, 6.45) is 0.810. The molecular formula is C24H22BrN3O3. The molecule has 0 saturated carbocycles. The summed E-state index contributed by atoms with van der Waals surface area (Å²) in [5.41, 5.74) is 5.88. The standard InChI is InChI=1S/C24H22BrN3O3/c1-14-20(15(2)31-27-14)13-30-17-6-3-5-16(11-17)24(29)28-10-9-22-19(12-28)18-7-4-8-21(25)23(18)26-22/h3-8,11,26H,9-10,12-13H2,1-2H3. The van der Waals surface area contributed by atoms with Gasteiger partial charge in [0, 0.05) is 46.2 Å². The summed E-state index contributed by atoms with van der Waals surface area (Å²) in [5, 5.41) is 5.12. The minimum Gasteiger partial charge on any atom is -0.489 e. The van der Waals surface area contributed by atoms with Gasteiger partial charge >= 0.3 is 0 Å². The van der Waals surface area contributed by atoms with Crippen LogP contribution in [0.5, 0.6) is 5.75 Å². The summed E-state index contributed by atoms with van der Waals surface area (Å²) < 4.78 is 12.2. The van der Waals surface area contributed by atoms with E-state index in [4.69, 9.17) is 9.26 Å². The van der Waals surface area contributed by atoms with Crippen molar-refractivity contribution in [3.05, 3.63) is 80.8 Å². The van der Waals surface area contributed by atoms with E-state index < -0.39 is 0 Å². The third kappa shape index (κ3) is 3.63. The van der Waals surface area contributed by atoms with Gasteiger partial charge in [-0.25, -0.2) is 0 Å². The van der Waals surface area contributed by atoms with Gasteiger partial charge in [0.05, 0.1) is 16.8 Å². The van der Waals surface area contributed by atoms with E-state index >= 15 is 0 Å². The van der Waals surface area contributed by atoms with Crippen LogP contribution in [0.25, 0.3) is 10.9 Å². The normalized spacial score (nSPS) is 13.5. The lowest BCUT2D eigenvalue weighted by Gasteiger charge is -2.27. The van der Waals surface area contributed by atoms with Gasteiger partial charge in [0.1, 0.15) is 18.1 Å². The first-order chi connectivity index (χ1) is 15.0. The van der Waals surface area contributed by atoms with Crippen molar-refractivity contribution in [2.45, 2.75) is 33.4 Å². The van der Waals surface area contributed by atoms with Crippen molar-refractivity contribution in [3.63, 3.8) is 0 Å². The Morgan fingerprint density at radius 1 is 1.26 bits per heavy atom. The maximum absolute atomic E-state index is 13.3. The Hall–Kier alpha value is -3.06. The zero-order valence-corrected chi connectivity index (χ0v) is 19.0. The molecule has 1 aliphatic rings. The Bertz CT molecular complexity index is 1270. The third-order valence-corrected chi connectivity index (χ3v) is 6.55. The average Bonchev–Trinajstić information content (AvgIpc) is 3.32. The van der Waals surface area contributed by atoms with E-state index in [1.165, 1.54) is 16.6 Å². The molecule has 6 nitrogen and oxygen atoms in total. The highest BCUT2D eigenvalue weighted by atomic mass is 79.9. The number of rotatable bonds is 4. The quantitative estimate of drug-likeness (QED) is 0.430. The second kappa shape index (κ2) is 7.89. The number of ether oxygens (including phenoxy) is 1. The second-order valence-corrected chi connectivity index (χ2v) is 8.69. The summed E-state index contributed by atoms with van der Waals surface area (Å²) in [5.74, 6) is 1.41. The van der Waals surface area contributed by atoms with Gasteiger partial charge < -0.3 is 19.1 Å². The summed E-state index contributed by atoms with van der Waals surface area (Å²) >= 11 is 3.61. The number of carbonyl (C=O) groups excluding carboxylic acids is 1. The van der Waals surface area contributed by atoms with E-state index in [2.05, 4.69) is 32.1 Å². The number of hydrogen-bond donors (Lipinski definition) is 1. The third-order valence-electron chi connectivity index (χ3n) is 5.89. The molecule has 3 heterocycles. The molecule has 2 aromatic carbocycles. The van der Waals surface area contributed by atoms with Crippen LogP contribution in [0.15, 0.2) is 51.5 Å². The average molecular weight is 480 g/mol. The Morgan fingerprint density at radius 3 is 2.90 bits per heavy atom. The van der Waals surface area contributed by atoms with Crippen LogP contribution in [0, 0.1) is 13.8 Å². The number of nitrogens with one attached hydrogen (secondary N) is 1. The number of halogens is 1. The lowest BCUT2D eigenvalue weighted by Crippen LogP contribution is -2.35. The van der Waals surface area contributed by atoms with Crippen molar-refractivity contribution >= 4 is 32.7 Å². The number of amides is 1. The largest absolute Gasteiger partial charge is 0.489 e. The van der Waals surface area contributed by atoms with Crippen LogP contribution in [0.3, 0.4) is 0 Å². The minimum absolute atomic E-state index is 0.0118. The number of benzene rings is 2. The van der Waals surface area contributed by atoms with E-state index in [-0.39, 0.29) is 5.91 Å². The van der Waals surface area contributed by atoms with Crippen molar-refractivity contribution in [1.82, 2.24) is 15.0 Å². The Labute approximate surface area is 188 Å². The Balaban J connectivity index is 1.35. The lowest BCUT2D eigenvalue weighted by molar-refractivity contribution is 0.0734. The number of carbonyl (C=O) groups is 1. The number of aromatic nitrogens is 2. The number of aromatic amines is 1. The molecule has 0 atom stereocenters. The molecule has 1 aliphatic heterocycles. The van der Waals surface area contributed by atoms with E-state index in [9.17, 15) is 4.79 Å². The highest BCUT2D eigenvalue weighted by Gasteiger charge is 2.25. The molecule has 4 aromatic rings. The molecular weight excluding hydrogens is 458 g/mol. The maximum atomic E-state index is 13.3. The van der Waals surface area contributed by atoms with E-state index in [0.29, 0.717) is 31.0 Å². The van der Waals surface area contributed by atoms with Gasteiger partial charge in [-0.3, -0.25) is 4.79 Å². The molecule has 0 saturated heterocycles. The molecule has 0 unspecified atom stereocenters. The van der Waals surface area contributed by atoms with Gasteiger partial charge in [-0.1, -0.05) is 23.4 Å². The van der Waals surface area contributed by atoms with Crippen molar-refractivity contribution < 1.29 is 14.1 Å². The molecule has 1 N–H and O–H groups in total. The lowest BCUT2D eigenvalue weighted by atomic mass is 10.0. The number of fused-ring (bicyclic) bond motifs is 3. The molecule has 0 fully saturated rings. The van der Waals surface area contributed by atoms with E-state index in [1.807, 2.05) is 55.1 Å². The van der Waals surface area contributed by atoms with Crippen molar-refractivity contribution in [3.8, 4) is 5.75 Å². The van der Waals surface area contributed by atoms with E-state index in [0.717, 1.165) is 33.4 Å². The molecule has 158 valence electrons. The second-order valence-electron chi connectivity index (χ2n) is 7.84. The van der Waals surface area contributed by atoms with Crippen LogP contribution in [0.4, 0.5) is 0 Å². The van der Waals surface area contributed by atoms with Crippen LogP contribution in [-0.2, 0) is 19.6 Å². The topological polar surface area (TPSA) is 71.4 Å². The number of hydrogen-bond acceptors (Lipinski definition) is 4. The van der Waals surface area contributed by atoms with Crippen LogP contribution in [0.2, 0.25) is 0 Å². The fraction of sp³-hybridized carbons (Fsp3) is 0.250. The highest BCUT2D eigenvalue weighted by molar-refractivity contribution is 9.10. The molecule has 0 radical (unpaired) electrons. The molecule has 0 spiro atoms. The monoisotopic (exact) mass is 479 g/mol. The minimum atomic E-state index is 0.0118. The van der Waals surface area contributed by atoms with Gasteiger partial charge in [-0.05, 0) is 54.0 Å². The first-order valence-corrected chi connectivity index (χ1v) is 11.0. The van der Waals surface area contributed by atoms with Gasteiger partial charge in [0.2, 0.25) is 0 Å². The number of H-pyrrole nitrogens is 1. The van der Waals surface area contributed by atoms with Crippen LogP contribution in [0.1, 0.15) is 38.6 Å². The molecule has 5 rings (SSSR count). The molecule has 0 aliphatic carbocycles. The summed E-state index contributed by atoms with van der Waals surface area (Å²) in [6.45, 7) is 5.39. The number of aryl methyl sites for hydroxylation is 2. The Morgan fingerprint density at radius 2 is 2.10 bits per heavy atom. The van der Waals surface area contributed by atoms with Gasteiger partial charge in [0.15, 0.2) is 0 Å². The highest BCUT2D eigenvalue weighted by Crippen LogP contribution is 2.32. The molecule has 2 aromatic heterocycles. The van der Waals surface area contributed by atoms with E-state index in [1.54, 1.807) is 0 Å². The summed E-state index contributed by atoms with van der Waals surface area (Å²) in [4.78, 5) is 18.7. The van der Waals surface area contributed by atoms with Crippen LogP contribution in [-0.4, -0.2) is 27.5 Å². The number of para-hydroxylation sites is 1. The van der Waals surface area contributed by atoms with Crippen LogP contribution < -0.4 is 4.74 Å². The maximum Gasteiger partial charge on any atom is 0.254 e. The zero-order valence-electron chi connectivity index (χ0n) is 17.4. The molecule has 31 heavy (non-hydrogen) atoms. The van der Waals surface area contributed by atoms with Gasteiger partial charge in [0.25, 0.3) is 5.91 Å². The predicted molar refractivity (Wildman–Crippen MR) is 121 cm³/mol. The zero-order chi connectivity index (χ0) is 21.5.